The molecule has 0 aliphatic heterocycles. The van der Waals surface area contributed by atoms with Gasteiger partial charge in [-0.2, -0.15) is 0 Å². The van der Waals surface area contributed by atoms with Crippen molar-refractivity contribution in [1.82, 2.24) is 4.98 Å². The SMILES string of the molecule is Cc1cnc2c(c1)CCC[C@@H]2C(N)=S. The van der Waals surface area contributed by atoms with Gasteiger partial charge in [-0.3, -0.25) is 4.98 Å². The van der Waals surface area contributed by atoms with Gasteiger partial charge in [-0.1, -0.05) is 18.3 Å². The molecule has 1 aliphatic rings. The van der Waals surface area contributed by atoms with Crippen molar-refractivity contribution < 1.29 is 0 Å². The molecule has 1 aromatic heterocycles. The van der Waals surface area contributed by atoms with Gasteiger partial charge in [0.05, 0.1) is 16.6 Å². The second-order valence-corrected chi connectivity index (χ2v) is 4.38. The number of nitrogens with two attached hydrogens (primary N) is 1. The highest BCUT2D eigenvalue weighted by Crippen LogP contribution is 2.30. The van der Waals surface area contributed by atoms with Crippen LogP contribution in [0, 0.1) is 6.92 Å². The lowest BCUT2D eigenvalue weighted by atomic mass is 9.86. The fourth-order valence-corrected chi connectivity index (χ4v) is 2.29. The maximum Gasteiger partial charge on any atom is 0.0819 e. The minimum Gasteiger partial charge on any atom is -0.393 e. The van der Waals surface area contributed by atoms with E-state index in [9.17, 15) is 0 Å². The molecule has 0 aromatic carbocycles. The number of nitrogens with zero attached hydrogens (tertiary/aromatic N) is 1. The molecule has 2 N–H and O–H groups in total. The first-order valence-corrected chi connectivity index (χ1v) is 5.34. The van der Waals surface area contributed by atoms with Crippen LogP contribution < -0.4 is 5.73 Å². The molecular formula is C11H14N2S. The van der Waals surface area contributed by atoms with Crippen molar-refractivity contribution in [3.8, 4) is 0 Å². The van der Waals surface area contributed by atoms with Gasteiger partial charge in [0.25, 0.3) is 0 Å². The third kappa shape index (κ3) is 1.64. The van der Waals surface area contributed by atoms with Crippen LogP contribution >= 0.6 is 12.2 Å². The summed E-state index contributed by atoms with van der Waals surface area (Å²) in [7, 11) is 0. The van der Waals surface area contributed by atoms with Crippen molar-refractivity contribution in [1.29, 1.82) is 0 Å². The summed E-state index contributed by atoms with van der Waals surface area (Å²) in [6.07, 6.45) is 5.23. The van der Waals surface area contributed by atoms with E-state index in [1.54, 1.807) is 0 Å². The molecule has 0 bridgehead atoms. The van der Waals surface area contributed by atoms with Crippen molar-refractivity contribution in [3.05, 3.63) is 29.1 Å². The monoisotopic (exact) mass is 206 g/mol. The Kier molecular flexibility index (Phi) is 2.50. The quantitative estimate of drug-likeness (QED) is 0.715. The maximum atomic E-state index is 5.71. The van der Waals surface area contributed by atoms with E-state index < -0.39 is 0 Å². The molecule has 0 amide bonds. The Morgan fingerprint density at radius 1 is 1.64 bits per heavy atom. The normalized spacial score (nSPS) is 20.2. The van der Waals surface area contributed by atoms with Crippen molar-refractivity contribution in [2.75, 3.05) is 0 Å². The van der Waals surface area contributed by atoms with Crippen LogP contribution in [0.1, 0.15) is 35.6 Å². The third-order valence-corrected chi connectivity index (χ3v) is 3.04. The van der Waals surface area contributed by atoms with Gasteiger partial charge in [0.15, 0.2) is 0 Å². The van der Waals surface area contributed by atoms with E-state index in [1.165, 1.54) is 17.5 Å². The number of thiocarbonyl (C=S) groups is 1. The van der Waals surface area contributed by atoms with Gasteiger partial charge in [0.1, 0.15) is 0 Å². The van der Waals surface area contributed by atoms with E-state index in [2.05, 4.69) is 18.0 Å². The number of hydrogen-bond donors (Lipinski definition) is 1. The van der Waals surface area contributed by atoms with Gasteiger partial charge >= 0.3 is 0 Å². The number of aryl methyl sites for hydroxylation is 2. The fourth-order valence-electron chi connectivity index (χ4n) is 2.06. The Balaban J connectivity index is 2.44. The van der Waals surface area contributed by atoms with Crippen LogP contribution in [0.15, 0.2) is 12.3 Å². The number of rotatable bonds is 1. The largest absolute Gasteiger partial charge is 0.393 e. The molecule has 0 spiro atoms. The number of pyridine rings is 1. The van der Waals surface area contributed by atoms with Crippen LogP contribution in [0.3, 0.4) is 0 Å². The molecule has 0 radical (unpaired) electrons. The first-order valence-electron chi connectivity index (χ1n) is 4.93. The summed E-state index contributed by atoms with van der Waals surface area (Å²) in [5.74, 6) is 0.203. The molecular weight excluding hydrogens is 192 g/mol. The summed E-state index contributed by atoms with van der Waals surface area (Å²) in [5, 5.41) is 0. The van der Waals surface area contributed by atoms with Crippen molar-refractivity contribution in [3.63, 3.8) is 0 Å². The second-order valence-electron chi connectivity index (χ2n) is 3.90. The first kappa shape index (κ1) is 9.59. The molecule has 1 heterocycles. The first-order chi connectivity index (χ1) is 6.68. The molecule has 74 valence electrons. The minimum absolute atomic E-state index is 0.203. The summed E-state index contributed by atoms with van der Waals surface area (Å²) >= 11 is 5.06. The number of hydrogen-bond acceptors (Lipinski definition) is 2. The summed E-state index contributed by atoms with van der Waals surface area (Å²) in [6.45, 7) is 2.07. The van der Waals surface area contributed by atoms with E-state index in [0.717, 1.165) is 18.5 Å². The molecule has 0 saturated carbocycles. The Morgan fingerprint density at radius 3 is 3.14 bits per heavy atom. The second kappa shape index (κ2) is 3.65. The zero-order valence-corrected chi connectivity index (χ0v) is 9.10. The van der Waals surface area contributed by atoms with Crippen LogP contribution in [0.25, 0.3) is 0 Å². The Bertz CT molecular complexity index is 374. The van der Waals surface area contributed by atoms with E-state index in [1.807, 2.05) is 6.20 Å². The Labute approximate surface area is 89.5 Å². The number of aromatic nitrogens is 1. The van der Waals surface area contributed by atoms with Crippen molar-refractivity contribution in [2.45, 2.75) is 32.1 Å². The summed E-state index contributed by atoms with van der Waals surface area (Å²) in [4.78, 5) is 5.04. The maximum absolute atomic E-state index is 5.71. The van der Waals surface area contributed by atoms with Gasteiger partial charge < -0.3 is 5.73 Å². The van der Waals surface area contributed by atoms with Gasteiger partial charge in [-0.25, -0.2) is 0 Å². The highest BCUT2D eigenvalue weighted by molar-refractivity contribution is 7.80. The Hall–Kier alpha value is -0.960. The van der Waals surface area contributed by atoms with E-state index in [0.29, 0.717) is 4.99 Å². The molecule has 2 rings (SSSR count). The summed E-state index contributed by atoms with van der Waals surface area (Å²) < 4.78 is 0. The molecule has 1 aliphatic carbocycles. The van der Waals surface area contributed by atoms with E-state index in [4.69, 9.17) is 18.0 Å². The summed E-state index contributed by atoms with van der Waals surface area (Å²) in [5.41, 5.74) is 9.36. The predicted octanol–water partition coefficient (Wildman–Crippen LogP) is 2.10. The molecule has 0 fully saturated rings. The highest BCUT2D eigenvalue weighted by atomic mass is 32.1. The average molecular weight is 206 g/mol. The lowest BCUT2D eigenvalue weighted by Gasteiger charge is -2.23. The molecule has 0 saturated heterocycles. The van der Waals surface area contributed by atoms with Crippen LogP contribution in [-0.2, 0) is 6.42 Å². The van der Waals surface area contributed by atoms with Crippen molar-refractivity contribution in [2.24, 2.45) is 5.73 Å². The van der Waals surface area contributed by atoms with Gasteiger partial charge in [0, 0.05) is 6.20 Å². The van der Waals surface area contributed by atoms with Gasteiger partial charge in [0.2, 0.25) is 0 Å². The fraction of sp³-hybridized carbons (Fsp3) is 0.455. The molecule has 1 aromatic rings. The van der Waals surface area contributed by atoms with Gasteiger partial charge in [-0.05, 0) is 37.3 Å². The highest BCUT2D eigenvalue weighted by Gasteiger charge is 2.23. The molecule has 0 unspecified atom stereocenters. The minimum atomic E-state index is 0.203. The van der Waals surface area contributed by atoms with Crippen LogP contribution in [0.5, 0.6) is 0 Å². The summed E-state index contributed by atoms with van der Waals surface area (Å²) in [6, 6.07) is 2.20. The molecule has 3 heteroatoms. The lowest BCUT2D eigenvalue weighted by Crippen LogP contribution is -2.24. The third-order valence-electron chi connectivity index (χ3n) is 2.75. The standard InChI is InChI=1S/C11H14N2S/c1-7-5-8-3-2-4-9(11(12)14)10(8)13-6-7/h5-6,9H,2-4H2,1H3,(H2,12,14)/t9-/m0/s1. The smallest absolute Gasteiger partial charge is 0.0819 e. The van der Waals surface area contributed by atoms with Crippen LogP contribution in [0.4, 0.5) is 0 Å². The van der Waals surface area contributed by atoms with Crippen molar-refractivity contribution >= 4 is 17.2 Å². The molecule has 14 heavy (non-hydrogen) atoms. The zero-order valence-electron chi connectivity index (χ0n) is 8.29. The lowest BCUT2D eigenvalue weighted by molar-refractivity contribution is 0.632. The van der Waals surface area contributed by atoms with Crippen LogP contribution in [-0.4, -0.2) is 9.97 Å². The van der Waals surface area contributed by atoms with Crippen LogP contribution in [0.2, 0.25) is 0 Å². The number of fused-ring (bicyclic) bond motifs is 1. The topological polar surface area (TPSA) is 38.9 Å². The predicted molar refractivity (Wildman–Crippen MR) is 61.4 cm³/mol. The molecule has 2 nitrogen and oxygen atoms in total. The Morgan fingerprint density at radius 2 is 2.43 bits per heavy atom. The van der Waals surface area contributed by atoms with E-state index >= 15 is 0 Å². The average Bonchev–Trinajstić information content (AvgIpc) is 2.16. The van der Waals surface area contributed by atoms with E-state index in [-0.39, 0.29) is 5.92 Å². The molecule has 1 atom stereocenters. The zero-order chi connectivity index (χ0) is 10.1. The van der Waals surface area contributed by atoms with Gasteiger partial charge in [-0.15, -0.1) is 0 Å².